The number of fused-ring (bicyclic) bond motifs is 1. The van der Waals surface area contributed by atoms with E-state index in [2.05, 4.69) is 14.7 Å². The number of sulfonamides is 1. The van der Waals surface area contributed by atoms with Gasteiger partial charge in [-0.25, -0.2) is 32.0 Å². The molecule has 4 aromatic rings. The van der Waals surface area contributed by atoms with Crippen LogP contribution < -0.4 is 15.2 Å². The highest BCUT2D eigenvalue weighted by atomic mass is 32.2. The molecule has 10 nitrogen and oxygen atoms in total. The molecule has 0 saturated heterocycles. The van der Waals surface area contributed by atoms with Crippen molar-refractivity contribution in [2.45, 2.75) is 51.2 Å². The number of esters is 1. The number of aromatic nitrogens is 3. The van der Waals surface area contributed by atoms with Gasteiger partial charge in [-0.2, -0.15) is 0 Å². The summed E-state index contributed by atoms with van der Waals surface area (Å²) in [4.78, 5) is 21.1. The molecular weight excluding hydrogens is 556 g/mol. The van der Waals surface area contributed by atoms with E-state index in [9.17, 15) is 22.0 Å². The van der Waals surface area contributed by atoms with E-state index in [4.69, 9.17) is 15.2 Å². The molecule has 2 aromatic heterocycles. The number of methoxy groups -OCH3 is 1. The molecule has 218 valence electrons. The summed E-state index contributed by atoms with van der Waals surface area (Å²) in [6, 6.07) is 8.04. The van der Waals surface area contributed by atoms with Gasteiger partial charge < -0.3 is 15.2 Å². The highest BCUT2D eigenvalue weighted by molar-refractivity contribution is 7.92. The summed E-state index contributed by atoms with van der Waals surface area (Å²) in [5.41, 5.74) is 7.64. The van der Waals surface area contributed by atoms with Crippen LogP contribution in [0.25, 0.3) is 22.2 Å². The fourth-order valence-corrected chi connectivity index (χ4v) is 5.47. The van der Waals surface area contributed by atoms with Crippen LogP contribution in [0.4, 0.5) is 20.4 Å². The molecule has 0 amide bonds. The maximum atomic E-state index is 14.3. The van der Waals surface area contributed by atoms with Crippen LogP contribution in [0.3, 0.4) is 0 Å². The lowest BCUT2D eigenvalue weighted by Gasteiger charge is -2.27. The number of halogens is 2. The van der Waals surface area contributed by atoms with Crippen molar-refractivity contribution in [2.75, 3.05) is 17.6 Å². The fourth-order valence-electron chi connectivity index (χ4n) is 4.36. The molecular formula is C28H31F2N5O5S. The molecule has 2 aromatic carbocycles. The van der Waals surface area contributed by atoms with Gasteiger partial charge in [0.25, 0.3) is 10.0 Å². The van der Waals surface area contributed by atoms with Gasteiger partial charge in [0.05, 0.1) is 18.1 Å². The first-order valence-corrected chi connectivity index (χ1v) is 14.1. The molecule has 0 bridgehead atoms. The second-order valence-electron chi connectivity index (χ2n) is 10.7. The van der Waals surface area contributed by atoms with Crippen LogP contribution in [0.5, 0.6) is 5.88 Å². The van der Waals surface area contributed by atoms with E-state index in [1.807, 2.05) is 13.8 Å². The minimum Gasteiger partial charge on any atom is -0.480 e. The Labute approximate surface area is 236 Å². The topological polar surface area (TPSA) is 138 Å². The van der Waals surface area contributed by atoms with Crippen molar-refractivity contribution in [1.29, 1.82) is 0 Å². The predicted octanol–water partition coefficient (Wildman–Crippen LogP) is 5.31. The quantitative estimate of drug-likeness (QED) is 0.265. The molecule has 0 aliphatic carbocycles. The van der Waals surface area contributed by atoms with Gasteiger partial charge in [-0.3, -0.25) is 9.29 Å². The third kappa shape index (κ3) is 6.24. The lowest BCUT2D eigenvalue weighted by Crippen LogP contribution is -2.33. The van der Waals surface area contributed by atoms with Crippen molar-refractivity contribution in [3.63, 3.8) is 0 Å². The van der Waals surface area contributed by atoms with E-state index >= 15 is 0 Å². The summed E-state index contributed by atoms with van der Waals surface area (Å²) >= 11 is 0. The summed E-state index contributed by atoms with van der Waals surface area (Å²) in [5.74, 6) is -2.75. The number of ether oxygens (including phenoxy) is 2. The lowest BCUT2D eigenvalue weighted by atomic mass is 10.0. The number of imidazole rings is 1. The second kappa shape index (κ2) is 11.0. The minimum atomic E-state index is -4.47. The Bertz CT molecular complexity index is 1730. The molecule has 0 spiro atoms. The maximum absolute atomic E-state index is 14.3. The predicted molar refractivity (Wildman–Crippen MR) is 151 cm³/mol. The highest BCUT2D eigenvalue weighted by Crippen LogP contribution is 2.35. The van der Waals surface area contributed by atoms with Crippen LogP contribution in [-0.4, -0.2) is 41.6 Å². The Morgan fingerprint density at radius 3 is 2.39 bits per heavy atom. The highest BCUT2D eigenvalue weighted by Gasteiger charge is 2.32. The number of nitrogens with two attached hydrogens (primary N) is 1. The molecule has 0 radical (unpaired) electrons. The third-order valence-electron chi connectivity index (χ3n) is 6.08. The van der Waals surface area contributed by atoms with Gasteiger partial charge >= 0.3 is 5.97 Å². The van der Waals surface area contributed by atoms with Crippen LogP contribution in [-0.2, 0) is 19.6 Å². The van der Waals surface area contributed by atoms with Crippen LogP contribution >= 0.6 is 0 Å². The van der Waals surface area contributed by atoms with Crippen LogP contribution in [0.2, 0.25) is 0 Å². The van der Waals surface area contributed by atoms with Gasteiger partial charge in [0.2, 0.25) is 11.8 Å². The number of nitrogens with one attached hydrogen (secondary N) is 1. The SMILES string of the molecule is COc1ncc(-c2ccc3nc(N)n(C(C(=O)OC(C)(C)C)C(C)C)c3c2)cc1NS(=O)(=O)c1ccc(F)cc1F. The third-order valence-corrected chi connectivity index (χ3v) is 7.48. The van der Waals surface area contributed by atoms with Crippen molar-refractivity contribution in [2.24, 2.45) is 5.92 Å². The molecule has 41 heavy (non-hydrogen) atoms. The molecule has 0 saturated carbocycles. The van der Waals surface area contributed by atoms with Crippen molar-refractivity contribution in [3.8, 4) is 17.0 Å². The minimum absolute atomic E-state index is 0.0694. The van der Waals surface area contributed by atoms with Gasteiger partial charge in [0.15, 0.2) is 0 Å². The van der Waals surface area contributed by atoms with E-state index < -0.39 is 44.2 Å². The van der Waals surface area contributed by atoms with Crippen molar-refractivity contribution < 1.29 is 31.5 Å². The summed E-state index contributed by atoms with van der Waals surface area (Å²) < 4.78 is 68.3. The van der Waals surface area contributed by atoms with Crippen LogP contribution in [0.15, 0.2) is 53.6 Å². The van der Waals surface area contributed by atoms with E-state index in [0.717, 1.165) is 12.1 Å². The van der Waals surface area contributed by atoms with E-state index in [1.54, 1.807) is 43.5 Å². The summed E-state index contributed by atoms with van der Waals surface area (Å²) in [6.07, 6.45) is 1.47. The monoisotopic (exact) mass is 587 g/mol. The Morgan fingerprint density at radius 1 is 1.07 bits per heavy atom. The zero-order chi connectivity index (χ0) is 30.3. The number of rotatable bonds is 8. The Kier molecular flexibility index (Phi) is 7.94. The summed E-state index contributed by atoms with van der Waals surface area (Å²) in [6.45, 7) is 9.09. The van der Waals surface area contributed by atoms with Crippen LogP contribution in [0.1, 0.15) is 40.7 Å². The number of anilines is 2. The number of carbonyl (C=O) groups is 1. The van der Waals surface area contributed by atoms with E-state index in [1.165, 1.54) is 19.4 Å². The van der Waals surface area contributed by atoms with E-state index in [-0.39, 0.29) is 23.4 Å². The number of carbonyl (C=O) groups excluding carboxylic acids is 1. The second-order valence-corrected chi connectivity index (χ2v) is 12.4. The molecule has 0 fully saturated rings. The molecule has 13 heteroatoms. The molecule has 4 rings (SSSR count). The van der Waals surface area contributed by atoms with Crippen LogP contribution in [0, 0.1) is 17.6 Å². The first-order valence-electron chi connectivity index (χ1n) is 12.6. The summed E-state index contributed by atoms with van der Waals surface area (Å²) in [7, 11) is -3.17. The average molecular weight is 588 g/mol. The molecule has 1 unspecified atom stereocenters. The molecule has 0 aliphatic heterocycles. The maximum Gasteiger partial charge on any atom is 0.330 e. The van der Waals surface area contributed by atoms with E-state index in [0.29, 0.717) is 28.2 Å². The number of hydrogen-bond donors (Lipinski definition) is 2. The molecule has 1 atom stereocenters. The zero-order valence-corrected chi connectivity index (χ0v) is 24.2. The lowest BCUT2D eigenvalue weighted by molar-refractivity contribution is -0.160. The zero-order valence-electron chi connectivity index (χ0n) is 23.4. The smallest absolute Gasteiger partial charge is 0.330 e. The largest absolute Gasteiger partial charge is 0.480 e. The van der Waals surface area contributed by atoms with Gasteiger partial charge in [-0.05, 0) is 62.6 Å². The number of nitrogen functional groups attached to an aromatic ring is 1. The number of pyridine rings is 1. The number of hydrogen-bond acceptors (Lipinski definition) is 8. The van der Waals surface area contributed by atoms with Crippen molar-refractivity contribution in [1.82, 2.24) is 14.5 Å². The van der Waals surface area contributed by atoms with Crippen molar-refractivity contribution in [3.05, 3.63) is 60.3 Å². The van der Waals surface area contributed by atoms with Crippen molar-refractivity contribution >= 4 is 38.7 Å². The normalized spacial score (nSPS) is 12.9. The van der Waals surface area contributed by atoms with Gasteiger partial charge in [0, 0.05) is 17.8 Å². The standard InChI is InChI=1S/C28H31F2N5O5S/c1-15(2)24(26(36)40-28(3,4)5)35-22-12-16(7-9-20(22)33-27(35)31)17-11-21(25(39-6)32-14-17)34-41(37,38)23-10-8-18(29)13-19(23)30/h7-15,24,34H,1-6H3,(H2,31,33). The Morgan fingerprint density at radius 2 is 1.78 bits per heavy atom. The first-order chi connectivity index (χ1) is 19.1. The van der Waals surface area contributed by atoms with Gasteiger partial charge in [0.1, 0.15) is 33.9 Å². The van der Waals surface area contributed by atoms with Gasteiger partial charge in [-0.1, -0.05) is 19.9 Å². The molecule has 2 heterocycles. The Hall–Kier alpha value is -4.26. The number of nitrogens with zero attached hydrogens (tertiary/aromatic N) is 3. The number of benzene rings is 2. The first kappa shape index (κ1) is 29.7. The average Bonchev–Trinajstić information content (AvgIpc) is 3.17. The molecule has 0 aliphatic rings. The fraction of sp³-hybridized carbons (Fsp3) is 0.321. The summed E-state index contributed by atoms with van der Waals surface area (Å²) in [5, 5.41) is 0. The Balaban J connectivity index is 1.79. The molecule has 3 N–H and O–H groups in total. The van der Waals surface area contributed by atoms with Gasteiger partial charge in [-0.15, -0.1) is 0 Å².